The molecule has 1 aromatic rings. The van der Waals surface area contributed by atoms with E-state index in [-0.39, 0.29) is 12.0 Å². The zero-order chi connectivity index (χ0) is 8.27. The van der Waals surface area contributed by atoms with Crippen molar-refractivity contribution in [3.63, 3.8) is 0 Å². The van der Waals surface area contributed by atoms with Crippen molar-refractivity contribution in [1.82, 2.24) is 4.98 Å². The lowest BCUT2D eigenvalue weighted by Crippen LogP contribution is -1.97. The number of nitrogens with zero attached hydrogens (tertiary/aromatic N) is 1. The summed E-state index contributed by atoms with van der Waals surface area (Å²) in [6, 6.07) is 0. The van der Waals surface area contributed by atoms with Crippen LogP contribution in [0, 0.1) is 11.6 Å². The number of hydrogen-bond donors (Lipinski definition) is 0. The molecule has 0 bridgehead atoms. The van der Waals surface area contributed by atoms with Crippen LogP contribution in [0.4, 0.5) is 8.78 Å². The SMILES string of the molecule is O=CCc1c(F)cncc1F. The second-order valence-electron chi connectivity index (χ2n) is 1.95. The van der Waals surface area contributed by atoms with Crippen LogP contribution >= 0.6 is 0 Å². The Hall–Kier alpha value is -1.32. The Kier molecular flexibility index (Phi) is 2.25. The highest BCUT2D eigenvalue weighted by Gasteiger charge is 2.06. The number of aromatic nitrogens is 1. The number of halogens is 2. The predicted octanol–water partition coefficient (Wildman–Crippen LogP) is 1.10. The third kappa shape index (κ3) is 1.58. The van der Waals surface area contributed by atoms with Gasteiger partial charge in [0.05, 0.1) is 12.4 Å². The highest BCUT2D eigenvalue weighted by molar-refractivity contribution is 5.54. The highest BCUT2D eigenvalue weighted by Crippen LogP contribution is 2.09. The van der Waals surface area contributed by atoms with E-state index in [9.17, 15) is 13.6 Å². The third-order valence-electron chi connectivity index (χ3n) is 1.24. The molecule has 58 valence electrons. The Morgan fingerprint density at radius 1 is 1.36 bits per heavy atom. The zero-order valence-electron chi connectivity index (χ0n) is 5.55. The van der Waals surface area contributed by atoms with Gasteiger partial charge < -0.3 is 4.79 Å². The summed E-state index contributed by atoms with van der Waals surface area (Å²) in [7, 11) is 0. The normalized spacial score (nSPS) is 9.64. The van der Waals surface area contributed by atoms with E-state index in [2.05, 4.69) is 4.98 Å². The minimum Gasteiger partial charge on any atom is -0.303 e. The van der Waals surface area contributed by atoms with Gasteiger partial charge in [-0.3, -0.25) is 4.98 Å². The molecule has 1 aromatic heterocycles. The Labute approximate surface area is 61.9 Å². The van der Waals surface area contributed by atoms with Gasteiger partial charge >= 0.3 is 0 Å². The first kappa shape index (κ1) is 7.78. The lowest BCUT2D eigenvalue weighted by atomic mass is 10.2. The van der Waals surface area contributed by atoms with Crippen molar-refractivity contribution in [2.45, 2.75) is 6.42 Å². The molecule has 0 saturated carbocycles. The molecule has 0 aliphatic carbocycles. The number of carbonyl (C=O) groups excluding carboxylic acids is 1. The lowest BCUT2D eigenvalue weighted by Gasteiger charge is -1.97. The fourth-order valence-electron chi connectivity index (χ4n) is 0.716. The summed E-state index contributed by atoms with van der Waals surface area (Å²) < 4.78 is 25.2. The molecule has 4 heteroatoms. The summed E-state index contributed by atoms with van der Waals surface area (Å²) in [5.74, 6) is -1.56. The lowest BCUT2D eigenvalue weighted by molar-refractivity contribution is -0.107. The molecular formula is C7H5F2NO. The van der Waals surface area contributed by atoms with Crippen molar-refractivity contribution >= 4 is 6.29 Å². The maximum Gasteiger partial charge on any atom is 0.148 e. The maximum atomic E-state index is 12.6. The molecule has 0 amide bonds. The van der Waals surface area contributed by atoms with Crippen molar-refractivity contribution in [3.05, 3.63) is 29.6 Å². The molecular weight excluding hydrogens is 152 g/mol. The summed E-state index contributed by atoms with van der Waals surface area (Å²) in [5, 5.41) is 0. The first-order chi connectivity index (χ1) is 5.25. The van der Waals surface area contributed by atoms with Gasteiger partial charge in [0.15, 0.2) is 0 Å². The van der Waals surface area contributed by atoms with Gasteiger partial charge in [-0.15, -0.1) is 0 Å². The van der Waals surface area contributed by atoms with Gasteiger partial charge in [-0.2, -0.15) is 0 Å². The quantitative estimate of drug-likeness (QED) is 0.601. The van der Waals surface area contributed by atoms with Crippen LogP contribution in [0.1, 0.15) is 5.56 Å². The van der Waals surface area contributed by atoms with Gasteiger partial charge in [-0.1, -0.05) is 0 Å². The van der Waals surface area contributed by atoms with E-state index >= 15 is 0 Å². The maximum absolute atomic E-state index is 12.6. The van der Waals surface area contributed by atoms with Crippen molar-refractivity contribution in [1.29, 1.82) is 0 Å². The molecule has 11 heavy (non-hydrogen) atoms. The summed E-state index contributed by atoms with van der Waals surface area (Å²) in [4.78, 5) is 13.2. The number of pyridine rings is 1. The minimum absolute atomic E-state index is 0.227. The van der Waals surface area contributed by atoms with Gasteiger partial charge in [-0.05, 0) is 0 Å². The summed E-state index contributed by atoms with van der Waals surface area (Å²) in [6.45, 7) is 0. The molecule has 0 N–H and O–H groups in total. The largest absolute Gasteiger partial charge is 0.303 e. The summed E-state index contributed by atoms with van der Waals surface area (Å²) in [6.07, 6.45) is 1.95. The van der Waals surface area contributed by atoms with Crippen LogP contribution in [0.5, 0.6) is 0 Å². The van der Waals surface area contributed by atoms with E-state index in [1.165, 1.54) is 0 Å². The molecule has 1 rings (SSSR count). The first-order valence-electron chi connectivity index (χ1n) is 2.97. The fourth-order valence-corrected chi connectivity index (χ4v) is 0.716. The Morgan fingerprint density at radius 2 is 1.91 bits per heavy atom. The van der Waals surface area contributed by atoms with Crippen molar-refractivity contribution < 1.29 is 13.6 Å². The number of carbonyl (C=O) groups is 1. The molecule has 0 spiro atoms. The van der Waals surface area contributed by atoms with Crippen LogP contribution in [0.3, 0.4) is 0 Å². The van der Waals surface area contributed by atoms with Crippen LogP contribution in [0.25, 0.3) is 0 Å². The van der Waals surface area contributed by atoms with Crippen molar-refractivity contribution in [2.75, 3.05) is 0 Å². The average Bonchev–Trinajstić information content (AvgIpc) is 1.97. The van der Waals surface area contributed by atoms with Crippen LogP contribution in [0.2, 0.25) is 0 Å². The first-order valence-corrected chi connectivity index (χ1v) is 2.97. The highest BCUT2D eigenvalue weighted by atomic mass is 19.1. The van der Waals surface area contributed by atoms with Crippen LogP contribution < -0.4 is 0 Å². The van der Waals surface area contributed by atoms with Crippen molar-refractivity contribution in [3.8, 4) is 0 Å². The topological polar surface area (TPSA) is 30.0 Å². The predicted molar refractivity (Wildman–Crippen MR) is 33.9 cm³/mol. The van der Waals surface area contributed by atoms with Gasteiger partial charge in [0, 0.05) is 12.0 Å². The van der Waals surface area contributed by atoms with Crippen LogP contribution in [0.15, 0.2) is 12.4 Å². The Balaban J connectivity index is 3.09. The van der Waals surface area contributed by atoms with Crippen LogP contribution in [-0.2, 0) is 11.2 Å². The molecule has 1 heterocycles. The molecule has 0 aromatic carbocycles. The van der Waals surface area contributed by atoms with Crippen molar-refractivity contribution in [2.24, 2.45) is 0 Å². The molecule has 0 saturated heterocycles. The minimum atomic E-state index is -0.780. The summed E-state index contributed by atoms with van der Waals surface area (Å²) >= 11 is 0. The molecule has 0 aliphatic heterocycles. The second-order valence-corrected chi connectivity index (χ2v) is 1.95. The van der Waals surface area contributed by atoms with Gasteiger partial charge in [-0.25, -0.2) is 8.78 Å². The Bertz CT molecular complexity index is 255. The molecule has 0 fully saturated rings. The molecule has 0 aliphatic rings. The monoisotopic (exact) mass is 157 g/mol. The van der Waals surface area contributed by atoms with Crippen LogP contribution in [-0.4, -0.2) is 11.3 Å². The summed E-state index contributed by atoms with van der Waals surface area (Å²) in [5.41, 5.74) is -0.227. The number of rotatable bonds is 2. The van der Waals surface area contributed by atoms with E-state index in [0.717, 1.165) is 12.4 Å². The van der Waals surface area contributed by atoms with E-state index in [1.54, 1.807) is 0 Å². The van der Waals surface area contributed by atoms with E-state index in [1.807, 2.05) is 0 Å². The smallest absolute Gasteiger partial charge is 0.148 e. The molecule has 0 radical (unpaired) electrons. The standard InChI is InChI=1S/C7H5F2NO/c8-6-3-10-4-7(9)5(6)1-2-11/h2-4H,1H2. The van der Waals surface area contributed by atoms with E-state index < -0.39 is 11.6 Å². The third-order valence-corrected chi connectivity index (χ3v) is 1.24. The van der Waals surface area contributed by atoms with E-state index in [4.69, 9.17) is 0 Å². The Morgan fingerprint density at radius 3 is 2.36 bits per heavy atom. The van der Waals surface area contributed by atoms with Gasteiger partial charge in [0.25, 0.3) is 0 Å². The second kappa shape index (κ2) is 3.18. The van der Waals surface area contributed by atoms with Gasteiger partial charge in [0.2, 0.25) is 0 Å². The molecule has 0 unspecified atom stereocenters. The average molecular weight is 157 g/mol. The molecule has 0 atom stereocenters. The zero-order valence-corrected chi connectivity index (χ0v) is 5.55. The fraction of sp³-hybridized carbons (Fsp3) is 0.143. The molecule has 2 nitrogen and oxygen atoms in total. The number of hydrogen-bond acceptors (Lipinski definition) is 2. The number of aldehydes is 1. The van der Waals surface area contributed by atoms with Gasteiger partial charge in [0.1, 0.15) is 17.9 Å². The van der Waals surface area contributed by atoms with E-state index in [0.29, 0.717) is 6.29 Å².